The van der Waals surface area contributed by atoms with Gasteiger partial charge in [0.25, 0.3) is 0 Å². The molecule has 0 unspecified atom stereocenters. The fourth-order valence-electron chi connectivity index (χ4n) is 2.07. The standard InChI is InChI=1S/C14H18BF3O4/c1-12(2)13(3,4)22-15(21-12)10-5-6-11(9(7-10)8-19)20-14(16,17)18/h5-7,19H,8H2,1-4H3. The summed E-state index contributed by atoms with van der Waals surface area (Å²) in [5, 5.41) is 9.26. The number of hydrogen-bond acceptors (Lipinski definition) is 4. The van der Waals surface area contributed by atoms with Gasteiger partial charge in [0.15, 0.2) is 0 Å². The van der Waals surface area contributed by atoms with Crippen molar-refractivity contribution in [2.75, 3.05) is 0 Å². The summed E-state index contributed by atoms with van der Waals surface area (Å²) in [6.07, 6.45) is -4.81. The molecule has 1 aromatic carbocycles. The summed E-state index contributed by atoms with van der Waals surface area (Å²) in [7, 11) is -0.713. The summed E-state index contributed by atoms with van der Waals surface area (Å²) in [4.78, 5) is 0. The first kappa shape index (κ1) is 17.1. The summed E-state index contributed by atoms with van der Waals surface area (Å²) in [5.74, 6) is -0.435. The van der Waals surface area contributed by atoms with Crippen molar-refractivity contribution in [1.82, 2.24) is 0 Å². The van der Waals surface area contributed by atoms with Crippen molar-refractivity contribution in [3.05, 3.63) is 23.8 Å². The van der Waals surface area contributed by atoms with E-state index in [1.807, 2.05) is 27.7 Å². The van der Waals surface area contributed by atoms with Gasteiger partial charge >= 0.3 is 13.5 Å². The normalized spacial score (nSPS) is 20.3. The molecule has 1 aliphatic heterocycles. The largest absolute Gasteiger partial charge is 0.573 e. The van der Waals surface area contributed by atoms with Gasteiger partial charge < -0.3 is 19.2 Å². The predicted molar refractivity (Wildman–Crippen MR) is 74.8 cm³/mol. The van der Waals surface area contributed by atoms with E-state index in [4.69, 9.17) is 9.31 Å². The Morgan fingerprint density at radius 2 is 1.68 bits per heavy atom. The van der Waals surface area contributed by atoms with Crippen molar-refractivity contribution in [1.29, 1.82) is 0 Å². The van der Waals surface area contributed by atoms with Gasteiger partial charge in [0, 0.05) is 5.56 Å². The first-order valence-corrected chi connectivity index (χ1v) is 6.80. The van der Waals surface area contributed by atoms with Crippen LogP contribution in [0.1, 0.15) is 33.3 Å². The number of aliphatic hydroxyl groups is 1. The zero-order chi connectivity index (χ0) is 16.8. The van der Waals surface area contributed by atoms with Gasteiger partial charge in [-0.3, -0.25) is 0 Å². The number of benzene rings is 1. The smallest absolute Gasteiger partial charge is 0.405 e. The number of alkyl halides is 3. The topological polar surface area (TPSA) is 47.9 Å². The molecule has 0 radical (unpaired) electrons. The fourth-order valence-corrected chi connectivity index (χ4v) is 2.07. The van der Waals surface area contributed by atoms with Gasteiger partial charge in [0.05, 0.1) is 17.8 Å². The lowest BCUT2D eigenvalue weighted by atomic mass is 9.78. The average molecular weight is 318 g/mol. The van der Waals surface area contributed by atoms with Gasteiger partial charge in [-0.05, 0) is 39.2 Å². The molecule has 1 aromatic rings. The maximum atomic E-state index is 12.3. The van der Waals surface area contributed by atoms with E-state index in [1.54, 1.807) is 0 Å². The molecule has 2 rings (SSSR count). The quantitative estimate of drug-likeness (QED) is 0.870. The second-order valence-corrected chi connectivity index (χ2v) is 6.16. The summed E-state index contributed by atoms with van der Waals surface area (Å²) < 4.78 is 52.5. The summed E-state index contributed by atoms with van der Waals surface area (Å²) in [6, 6.07) is 3.98. The molecular weight excluding hydrogens is 300 g/mol. The maximum Gasteiger partial charge on any atom is 0.573 e. The minimum atomic E-state index is -4.81. The monoisotopic (exact) mass is 318 g/mol. The molecule has 0 spiro atoms. The average Bonchev–Trinajstić information content (AvgIpc) is 2.57. The summed E-state index contributed by atoms with van der Waals surface area (Å²) >= 11 is 0. The Morgan fingerprint density at radius 3 is 2.14 bits per heavy atom. The van der Waals surface area contributed by atoms with Gasteiger partial charge in [-0.2, -0.15) is 0 Å². The molecular formula is C14H18BF3O4. The Morgan fingerprint density at radius 1 is 1.14 bits per heavy atom. The molecule has 0 aromatic heterocycles. The lowest BCUT2D eigenvalue weighted by molar-refractivity contribution is -0.275. The molecule has 0 aliphatic carbocycles. The third-order valence-corrected chi connectivity index (χ3v) is 4.01. The van der Waals surface area contributed by atoms with E-state index in [2.05, 4.69) is 4.74 Å². The molecule has 1 fully saturated rings. The highest BCUT2D eigenvalue weighted by molar-refractivity contribution is 6.62. The van der Waals surface area contributed by atoms with Gasteiger partial charge in [-0.1, -0.05) is 12.1 Å². The van der Waals surface area contributed by atoms with E-state index in [0.717, 1.165) is 6.07 Å². The molecule has 0 atom stereocenters. The number of halogens is 3. The Kier molecular flexibility index (Phi) is 4.23. The molecule has 0 amide bonds. The maximum absolute atomic E-state index is 12.3. The van der Waals surface area contributed by atoms with Crippen LogP contribution in [-0.2, 0) is 15.9 Å². The van der Waals surface area contributed by atoms with Gasteiger partial charge in [-0.15, -0.1) is 13.2 Å². The van der Waals surface area contributed by atoms with Crippen molar-refractivity contribution in [3.63, 3.8) is 0 Å². The zero-order valence-electron chi connectivity index (χ0n) is 12.8. The molecule has 8 heteroatoms. The number of ether oxygens (including phenoxy) is 1. The first-order chi connectivity index (χ1) is 9.95. The van der Waals surface area contributed by atoms with Crippen LogP contribution in [0.25, 0.3) is 0 Å². The van der Waals surface area contributed by atoms with Crippen LogP contribution < -0.4 is 10.2 Å². The Balaban J connectivity index is 2.28. The van der Waals surface area contributed by atoms with Crippen molar-refractivity contribution < 1.29 is 32.3 Å². The predicted octanol–water partition coefficient (Wildman–Crippen LogP) is 2.38. The van der Waals surface area contributed by atoms with E-state index in [9.17, 15) is 18.3 Å². The van der Waals surface area contributed by atoms with Gasteiger partial charge in [-0.25, -0.2) is 0 Å². The molecule has 0 saturated carbocycles. The highest BCUT2D eigenvalue weighted by atomic mass is 19.4. The lowest BCUT2D eigenvalue weighted by Crippen LogP contribution is -2.41. The van der Waals surface area contributed by atoms with Crippen LogP contribution in [0.15, 0.2) is 18.2 Å². The highest BCUT2D eigenvalue weighted by Gasteiger charge is 2.51. The molecule has 1 N–H and O–H groups in total. The second kappa shape index (κ2) is 5.44. The van der Waals surface area contributed by atoms with Crippen molar-refractivity contribution in [3.8, 4) is 5.75 Å². The molecule has 1 aliphatic rings. The minimum absolute atomic E-state index is 0.0181. The summed E-state index contributed by atoms with van der Waals surface area (Å²) in [5.41, 5.74) is -0.571. The van der Waals surface area contributed by atoms with E-state index in [-0.39, 0.29) is 5.56 Å². The Labute approximate surface area is 127 Å². The lowest BCUT2D eigenvalue weighted by Gasteiger charge is -2.32. The van der Waals surface area contributed by atoms with Crippen molar-refractivity contribution >= 4 is 12.6 Å². The molecule has 4 nitrogen and oxygen atoms in total. The van der Waals surface area contributed by atoms with Crippen LogP contribution in [0.2, 0.25) is 0 Å². The molecule has 0 bridgehead atoms. The van der Waals surface area contributed by atoms with E-state index in [1.165, 1.54) is 12.1 Å². The molecule has 1 heterocycles. The molecule has 1 saturated heterocycles. The van der Waals surface area contributed by atoms with E-state index in [0.29, 0.717) is 5.46 Å². The van der Waals surface area contributed by atoms with E-state index < -0.39 is 37.0 Å². The third-order valence-electron chi connectivity index (χ3n) is 4.01. The number of rotatable bonds is 3. The zero-order valence-corrected chi connectivity index (χ0v) is 12.8. The van der Waals surface area contributed by atoms with Crippen LogP contribution in [0.3, 0.4) is 0 Å². The second-order valence-electron chi connectivity index (χ2n) is 6.16. The SMILES string of the molecule is CC1(C)OB(c2ccc(OC(F)(F)F)c(CO)c2)OC1(C)C. The number of aliphatic hydroxyl groups excluding tert-OH is 1. The molecule has 122 valence electrons. The molecule has 22 heavy (non-hydrogen) atoms. The Hall–Kier alpha value is -1.25. The number of hydrogen-bond donors (Lipinski definition) is 1. The minimum Gasteiger partial charge on any atom is -0.405 e. The van der Waals surface area contributed by atoms with Crippen LogP contribution in [0.4, 0.5) is 13.2 Å². The Bertz CT molecular complexity index is 542. The third kappa shape index (κ3) is 3.39. The van der Waals surface area contributed by atoms with Crippen LogP contribution >= 0.6 is 0 Å². The van der Waals surface area contributed by atoms with Crippen LogP contribution in [0.5, 0.6) is 5.75 Å². The van der Waals surface area contributed by atoms with Crippen LogP contribution in [-0.4, -0.2) is 29.8 Å². The highest BCUT2D eigenvalue weighted by Crippen LogP contribution is 2.37. The van der Waals surface area contributed by atoms with E-state index >= 15 is 0 Å². The van der Waals surface area contributed by atoms with Crippen LogP contribution in [0, 0.1) is 0 Å². The summed E-state index contributed by atoms with van der Waals surface area (Å²) in [6.45, 7) is 6.92. The van der Waals surface area contributed by atoms with Gasteiger partial charge in [0.2, 0.25) is 0 Å². The van der Waals surface area contributed by atoms with Crippen molar-refractivity contribution in [2.45, 2.75) is 51.9 Å². The fraction of sp³-hybridized carbons (Fsp3) is 0.571. The first-order valence-electron chi connectivity index (χ1n) is 6.80. The van der Waals surface area contributed by atoms with Gasteiger partial charge in [0.1, 0.15) is 5.75 Å². The van der Waals surface area contributed by atoms with Crippen molar-refractivity contribution in [2.24, 2.45) is 0 Å².